The molecule has 150 valence electrons. The van der Waals surface area contributed by atoms with Gasteiger partial charge in [-0.15, -0.1) is 0 Å². The molecule has 8 nitrogen and oxygen atoms in total. The van der Waals surface area contributed by atoms with E-state index in [4.69, 9.17) is 14.5 Å². The summed E-state index contributed by atoms with van der Waals surface area (Å²) in [6.45, 7) is 1.83. The normalized spacial score (nSPS) is 18.7. The number of hydrogen-bond acceptors (Lipinski definition) is 8. The van der Waals surface area contributed by atoms with E-state index in [2.05, 4.69) is 20.0 Å². The van der Waals surface area contributed by atoms with Crippen LogP contribution in [0.3, 0.4) is 0 Å². The molecular weight excluding hydrogens is 366 g/mol. The molecule has 5 rings (SSSR count). The molecule has 0 amide bonds. The zero-order valence-electron chi connectivity index (χ0n) is 16.9. The van der Waals surface area contributed by atoms with Crippen molar-refractivity contribution in [1.82, 2.24) is 25.1 Å². The first-order chi connectivity index (χ1) is 14.2. The van der Waals surface area contributed by atoms with Crippen LogP contribution < -0.4 is 9.80 Å². The highest BCUT2D eigenvalue weighted by molar-refractivity contribution is 5.61. The largest absolute Gasteiger partial charge is 0.355 e. The van der Waals surface area contributed by atoms with Crippen molar-refractivity contribution < 1.29 is 4.52 Å². The maximum absolute atomic E-state index is 5.57. The molecule has 1 saturated heterocycles. The predicted octanol–water partition coefficient (Wildman–Crippen LogP) is 2.86. The van der Waals surface area contributed by atoms with E-state index in [9.17, 15) is 0 Å². The third-order valence-corrected chi connectivity index (χ3v) is 5.75. The lowest BCUT2D eigenvalue weighted by Crippen LogP contribution is -2.36. The first-order valence-corrected chi connectivity index (χ1v) is 10.2. The van der Waals surface area contributed by atoms with Gasteiger partial charge in [0, 0.05) is 56.4 Å². The van der Waals surface area contributed by atoms with Gasteiger partial charge >= 0.3 is 0 Å². The molecule has 0 N–H and O–H groups in total. The molecular formula is C21H25N7O. The fourth-order valence-corrected chi connectivity index (χ4v) is 4.25. The Morgan fingerprint density at radius 2 is 1.93 bits per heavy atom. The summed E-state index contributed by atoms with van der Waals surface area (Å²) in [6, 6.07) is 3.95. The molecule has 0 aromatic carbocycles. The summed E-state index contributed by atoms with van der Waals surface area (Å²) < 4.78 is 5.57. The van der Waals surface area contributed by atoms with Crippen molar-refractivity contribution in [3.63, 3.8) is 0 Å². The van der Waals surface area contributed by atoms with Gasteiger partial charge in [0.25, 0.3) is 5.95 Å². The third-order valence-electron chi connectivity index (χ3n) is 5.75. The van der Waals surface area contributed by atoms with E-state index < -0.39 is 0 Å². The second kappa shape index (κ2) is 7.42. The molecule has 2 aliphatic rings. The summed E-state index contributed by atoms with van der Waals surface area (Å²) >= 11 is 0. The minimum atomic E-state index is 0.223. The van der Waals surface area contributed by atoms with Crippen LogP contribution in [0.25, 0.3) is 11.4 Å². The second-order valence-corrected chi connectivity index (χ2v) is 8.00. The molecule has 29 heavy (non-hydrogen) atoms. The van der Waals surface area contributed by atoms with Crippen molar-refractivity contribution in [2.45, 2.75) is 38.0 Å². The maximum atomic E-state index is 5.57. The van der Waals surface area contributed by atoms with E-state index in [-0.39, 0.29) is 5.92 Å². The van der Waals surface area contributed by atoms with Crippen LogP contribution in [0.4, 0.5) is 11.8 Å². The third kappa shape index (κ3) is 3.43. The number of fused-ring (bicyclic) bond motifs is 1. The van der Waals surface area contributed by atoms with E-state index in [1.54, 1.807) is 12.4 Å². The summed E-state index contributed by atoms with van der Waals surface area (Å²) in [5.41, 5.74) is 3.51. The Morgan fingerprint density at radius 3 is 2.72 bits per heavy atom. The van der Waals surface area contributed by atoms with Crippen molar-refractivity contribution in [1.29, 1.82) is 0 Å². The molecule has 0 saturated carbocycles. The van der Waals surface area contributed by atoms with Gasteiger partial charge in [-0.05, 0) is 49.4 Å². The van der Waals surface area contributed by atoms with Gasteiger partial charge in [-0.25, -0.2) is 9.97 Å². The Balaban J connectivity index is 1.47. The van der Waals surface area contributed by atoms with E-state index in [1.807, 2.05) is 31.1 Å². The highest BCUT2D eigenvalue weighted by Gasteiger charge is 2.30. The molecule has 1 atom stereocenters. The minimum Gasteiger partial charge on any atom is -0.355 e. The molecule has 0 spiro atoms. The van der Waals surface area contributed by atoms with Crippen LogP contribution in [0.1, 0.15) is 42.3 Å². The average molecular weight is 391 g/mol. The van der Waals surface area contributed by atoms with Crippen LogP contribution in [0.5, 0.6) is 0 Å². The van der Waals surface area contributed by atoms with Gasteiger partial charge in [-0.2, -0.15) is 4.98 Å². The molecule has 1 aliphatic carbocycles. The maximum Gasteiger partial charge on any atom is 0.265 e. The van der Waals surface area contributed by atoms with E-state index in [1.165, 1.54) is 11.3 Å². The van der Waals surface area contributed by atoms with Gasteiger partial charge in [0.2, 0.25) is 5.89 Å². The Bertz CT molecular complexity index is 1000. The summed E-state index contributed by atoms with van der Waals surface area (Å²) in [7, 11) is 3.85. The Hall–Kier alpha value is -3.03. The quantitative estimate of drug-likeness (QED) is 0.671. The number of pyridine rings is 1. The number of aromatic nitrogens is 5. The predicted molar refractivity (Wildman–Crippen MR) is 110 cm³/mol. The van der Waals surface area contributed by atoms with Crippen molar-refractivity contribution >= 4 is 11.8 Å². The fraction of sp³-hybridized carbons (Fsp3) is 0.476. The number of nitrogens with zero attached hydrogens (tertiary/aromatic N) is 7. The Labute approximate surface area is 170 Å². The number of anilines is 2. The topological polar surface area (TPSA) is 84.1 Å². The van der Waals surface area contributed by atoms with Crippen molar-refractivity contribution in [2.75, 3.05) is 37.0 Å². The Kier molecular flexibility index (Phi) is 4.61. The van der Waals surface area contributed by atoms with Gasteiger partial charge in [0.1, 0.15) is 5.82 Å². The zero-order valence-corrected chi connectivity index (χ0v) is 16.9. The Morgan fingerprint density at radius 1 is 1.07 bits per heavy atom. The van der Waals surface area contributed by atoms with Gasteiger partial charge in [0.05, 0.1) is 5.92 Å². The lowest BCUT2D eigenvalue weighted by atomic mass is 9.97. The summed E-state index contributed by atoms with van der Waals surface area (Å²) in [5.74, 6) is 3.44. The van der Waals surface area contributed by atoms with Crippen LogP contribution in [-0.2, 0) is 12.8 Å². The first kappa shape index (κ1) is 18.0. The molecule has 1 unspecified atom stereocenters. The van der Waals surface area contributed by atoms with Gasteiger partial charge in [0.15, 0.2) is 5.82 Å². The average Bonchev–Trinajstić information content (AvgIpc) is 3.43. The van der Waals surface area contributed by atoms with E-state index in [0.29, 0.717) is 5.95 Å². The molecule has 1 fully saturated rings. The number of rotatable bonds is 4. The highest BCUT2D eigenvalue weighted by atomic mass is 16.5. The van der Waals surface area contributed by atoms with Crippen molar-refractivity contribution in [2.24, 2.45) is 0 Å². The lowest BCUT2D eigenvalue weighted by molar-refractivity contribution is 0.332. The smallest absolute Gasteiger partial charge is 0.265 e. The number of aryl methyl sites for hydroxylation is 1. The molecule has 3 aromatic heterocycles. The van der Waals surface area contributed by atoms with Crippen molar-refractivity contribution in [3.05, 3.63) is 41.7 Å². The molecule has 0 bridgehead atoms. The highest BCUT2D eigenvalue weighted by Crippen LogP contribution is 2.35. The van der Waals surface area contributed by atoms with Gasteiger partial charge in [-0.3, -0.25) is 4.98 Å². The lowest BCUT2D eigenvalue weighted by Gasteiger charge is -2.33. The first-order valence-electron chi connectivity index (χ1n) is 10.2. The zero-order chi connectivity index (χ0) is 19.8. The molecule has 3 aromatic rings. The summed E-state index contributed by atoms with van der Waals surface area (Å²) in [6.07, 6.45) is 8.93. The number of hydrogen-bond donors (Lipinski definition) is 0. The summed E-state index contributed by atoms with van der Waals surface area (Å²) in [5, 5.41) is 4.09. The number of piperidine rings is 1. The van der Waals surface area contributed by atoms with E-state index >= 15 is 0 Å². The standard InChI is InChI=1S/C21H25N7O/c1-27(2)21-25-20(29-26-21)15-5-4-12-28(13-15)19-16-6-3-7-17(16)23-18(24-19)14-8-10-22-11-9-14/h8-11,15H,3-7,12-13H2,1-2H3. The van der Waals surface area contributed by atoms with Gasteiger partial charge in [-0.1, -0.05) is 0 Å². The second-order valence-electron chi connectivity index (χ2n) is 8.00. The van der Waals surface area contributed by atoms with Crippen LogP contribution in [0.2, 0.25) is 0 Å². The summed E-state index contributed by atoms with van der Waals surface area (Å²) in [4.78, 5) is 22.8. The van der Waals surface area contributed by atoms with Crippen LogP contribution in [0, 0.1) is 0 Å². The van der Waals surface area contributed by atoms with Crippen molar-refractivity contribution in [3.8, 4) is 11.4 Å². The molecule has 8 heteroatoms. The van der Waals surface area contributed by atoms with Crippen LogP contribution in [0.15, 0.2) is 29.0 Å². The molecule has 0 radical (unpaired) electrons. The SMILES string of the molecule is CN(C)c1noc(C2CCCN(c3nc(-c4ccncc4)nc4c3CCC4)C2)n1. The monoisotopic (exact) mass is 391 g/mol. The van der Waals surface area contributed by atoms with Gasteiger partial charge < -0.3 is 14.3 Å². The van der Waals surface area contributed by atoms with Crippen LogP contribution in [-0.4, -0.2) is 52.3 Å². The molecule has 4 heterocycles. The fourth-order valence-electron chi connectivity index (χ4n) is 4.25. The minimum absolute atomic E-state index is 0.223. The molecule has 1 aliphatic heterocycles. The van der Waals surface area contributed by atoms with E-state index in [0.717, 1.165) is 68.3 Å². The van der Waals surface area contributed by atoms with Crippen LogP contribution >= 0.6 is 0 Å².